The van der Waals surface area contributed by atoms with Crippen LogP contribution in [0.3, 0.4) is 0 Å². The minimum Gasteiger partial charge on any atom is -0.347 e. The average Bonchev–Trinajstić information content (AvgIpc) is 2.86. The van der Waals surface area contributed by atoms with E-state index < -0.39 is 6.04 Å². The number of carbonyl (C=O) groups is 2. The van der Waals surface area contributed by atoms with Crippen molar-refractivity contribution in [1.29, 1.82) is 0 Å². The number of amides is 3. The quantitative estimate of drug-likeness (QED) is 0.837. The first-order chi connectivity index (χ1) is 9.81. The van der Waals surface area contributed by atoms with Crippen LogP contribution >= 0.6 is 11.3 Å². The summed E-state index contributed by atoms with van der Waals surface area (Å²) in [5.74, 6) is 0.295. The summed E-state index contributed by atoms with van der Waals surface area (Å²) >= 11 is 1.64. The Balaban J connectivity index is 2.31. The molecule has 0 aromatic carbocycles. The third kappa shape index (κ3) is 5.71. The zero-order valence-corrected chi connectivity index (χ0v) is 14.1. The number of hydrogen-bond donors (Lipinski definition) is 2. The summed E-state index contributed by atoms with van der Waals surface area (Å²) in [7, 11) is 3.32. The van der Waals surface area contributed by atoms with Gasteiger partial charge in [-0.15, -0.1) is 11.3 Å². The van der Waals surface area contributed by atoms with Crippen molar-refractivity contribution in [2.24, 2.45) is 0 Å². The first-order valence-corrected chi connectivity index (χ1v) is 7.89. The molecule has 0 bridgehead atoms. The Morgan fingerprint density at radius 1 is 1.33 bits per heavy atom. The number of aromatic nitrogens is 1. The Bertz CT molecular complexity index is 485. The zero-order valence-electron chi connectivity index (χ0n) is 13.3. The Kier molecular flexibility index (Phi) is 6.61. The predicted molar refractivity (Wildman–Crippen MR) is 84.6 cm³/mol. The van der Waals surface area contributed by atoms with Crippen molar-refractivity contribution in [3.8, 4) is 0 Å². The predicted octanol–water partition coefficient (Wildman–Crippen LogP) is 1.58. The Morgan fingerprint density at radius 2 is 2.00 bits per heavy atom. The number of thiazole rings is 1. The second kappa shape index (κ2) is 7.97. The van der Waals surface area contributed by atoms with Crippen molar-refractivity contribution in [2.75, 3.05) is 20.6 Å². The van der Waals surface area contributed by atoms with E-state index in [1.807, 2.05) is 5.38 Å². The van der Waals surface area contributed by atoms with E-state index in [0.29, 0.717) is 18.9 Å². The van der Waals surface area contributed by atoms with E-state index in [2.05, 4.69) is 29.5 Å². The second-order valence-corrected chi connectivity index (χ2v) is 6.33. The van der Waals surface area contributed by atoms with Crippen molar-refractivity contribution in [3.05, 3.63) is 16.1 Å². The first-order valence-electron chi connectivity index (χ1n) is 7.01. The highest BCUT2D eigenvalue weighted by molar-refractivity contribution is 7.09. The van der Waals surface area contributed by atoms with Gasteiger partial charge in [-0.25, -0.2) is 9.78 Å². The summed E-state index contributed by atoms with van der Waals surface area (Å²) in [6.07, 6.45) is 0.687. The molecular weight excluding hydrogens is 288 g/mol. The molecule has 118 valence electrons. The molecule has 6 nitrogen and oxygen atoms in total. The molecule has 1 aromatic heterocycles. The molecule has 0 radical (unpaired) electrons. The van der Waals surface area contributed by atoms with Crippen LogP contribution in [0.5, 0.6) is 0 Å². The summed E-state index contributed by atoms with van der Waals surface area (Å²) < 4.78 is 0. The first kappa shape index (κ1) is 17.4. The number of nitrogens with zero attached hydrogens (tertiary/aromatic N) is 2. The van der Waals surface area contributed by atoms with Crippen molar-refractivity contribution < 1.29 is 9.59 Å². The molecule has 0 aliphatic rings. The van der Waals surface area contributed by atoms with Crippen LogP contribution in [0.4, 0.5) is 4.79 Å². The van der Waals surface area contributed by atoms with Gasteiger partial charge in [-0.05, 0) is 6.92 Å². The number of carbonyl (C=O) groups excluding carboxylic acids is 2. The zero-order chi connectivity index (χ0) is 16.0. The number of hydrogen-bond acceptors (Lipinski definition) is 4. The Hall–Kier alpha value is -1.63. The van der Waals surface area contributed by atoms with Crippen LogP contribution in [0.15, 0.2) is 5.38 Å². The van der Waals surface area contributed by atoms with Gasteiger partial charge >= 0.3 is 6.03 Å². The molecule has 0 fully saturated rings. The molecule has 1 unspecified atom stereocenters. The lowest BCUT2D eigenvalue weighted by atomic mass is 10.2. The van der Waals surface area contributed by atoms with Gasteiger partial charge in [-0.3, -0.25) is 4.79 Å². The summed E-state index contributed by atoms with van der Waals surface area (Å²) in [6, 6.07) is -0.871. The fourth-order valence-corrected chi connectivity index (χ4v) is 2.57. The van der Waals surface area contributed by atoms with Gasteiger partial charge in [0.25, 0.3) is 0 Å². The molecule has 2 N–H and O–H groups in total. The molecule has 1 atom stereocenters. The molecule has 3 amide bonds. The molecule has 0 saturated carbocycles. The summed E-state index contributed by atoms with van der Waals surface area (Å²) in [5, 5.41) is 8.48. The van der Waals surface area contributed by atoms with Crippen LogP contribution in [-0.2, 0) is 11.2 Å². The number of likely N-dealkylation sites (N-methyl/N-ethyl adjacent to an activating group) is 1. The molecule has 0 aliphatic heterocycles. The third-order valence-corrected chi connectivity index (χ3v) is 4.08. The highest BCUT2D eigenvalue weighted by Gasteiger charge is 2.16. The van der Waals surface area contributed by atoms with Crippen molar-refractivity contribution in [3.63, 3.8) is 0 Å². The fraction of sp³-hybridized carbons (Fsp3) is 0.643. The summed E-state index contributed by atoms with van der Waals surface area (Å²) in [5.41, 5.74) is 0.987. The molecule has 7 heteroatoms. The molecule has 0 saturated heterocycles. The number of nitrogens with one attached hydrogen (secondary N) is 2. The van der Waals surface area contributed by atoms with E-state index >= 15 is 0 Å². The van der Waals surface area contributed by atoms with Crippen LogP contribution in [0, 0.1) is 0 Å². The summed E-state index contributed by atoms with van der Waals surface area (Å²) in [6.45, 7) is 6.38. The van der Waals surface area contributed by atoms with E-state index in [1.165, 1.54) is 4.90 Å². The van der Waals surface area contributed by atoms with Gasteiger partial charge < -0.3 is 15.5 Å². The van der Waals surface area contributed by atoms with Crippen molar-refractivity contribution in [2.45, 2.75) is 39.2 Å². The van der Waals surface area contributed by atoms with Crippen LogP contribution in [0.25, 0.3) is 0 Å². The van der Waals surface area contributed by atoms with E-state index in [9.17, 15) is 9.59 Å². The van der Waals surface area contributed by atoms with Crippen LogP contribution in [0.1, 0.15) is 37.4 Å². The van der Waals surface area contributed by atoms with Gasteiger partial charge in [-0.2, -0.15) is 0 Å². The molecular formula is C14H24N4O2S. The van der Waals surface area contributed by atoms with Crippen LogP contribution in [-0.4, -0.2) is 48.5 Å². The Labute approximate surface area is 129 Å². The molecule has 0 aliphatic carbocycles. The van der Waals surface area contributed by atoms with Crippen LogP contribution in [0.2, 0.25) is 0 Å². The van der Waals surface area contributed by atoms with Gasteiger partial charge in [0.15, 0.2) is 0 Å². The molecule has 1 aromatic rings. The minimum atomic E-state index is -0.535. The second-order valence-electron chi connectivity index (χ2n) is 5.44. The largest absolute Gasteiger partial charge is 0.347 e. The lowest BCUT2D eigenvalue weighted by molar-refractivity contribution is -0.130. The molecule has 21 heavy (non-hydrogen) atoms. The SMILES string of the molecule is CC(NC(=O)NCCc1csc(C(C)C)n1)C(=O)N(C)C. The number of rotatable bonds is 6. The topological polar surface area (TPSA) is 74.3 Å². The average molecular weight is 312 g/mol. The van der Waals surface area contributed by atoms with Crippen LogP contribution < -0.4 is 10.6 Å². The summed E-state index contributed by atoms with van der Waals surface area (Å²) in [4.78, 5) is 29.2. The maximum absolute atomic E-state index is 11.7. The lowest BCUT2D eigenvalue weighted by Gasteiger charge is -2.18. The maximum Gasteiger partial charge on any atom is 0.315 e. The number of urea groups is 1. The Morgan fingerprint density at radius 3 is 2.52 bits per heavy atom. The normalized spacial score (nSPS) is 12.1. The maximum atomic E-state index is 11.7. The van der Waals surface area contributed by atoms with Crippen molar-refractivity contribution >= 4 is 23.3 Å². The molecule has 1 heterocycles. The molecule has 0 spiro atoms. The van der Waals surface area contributed by atoms with Gasteiger partial charge in [0.05, 0.1) is 10.7 Å². The lowest BCUT2D eigenvalue weighted by Crippen LogP contribution is -2.48. The fourth-order valence-electron chi connectivity index (χ4n) is 1.70. The monoisotopic (exact) mass is 312 g/mol. The minimum absolute atomic E-state index is 0.133. The third-order valence-electron chi connectivity index (χ3n) is 2.89. The van der Waals surface area contributed by atoms with E-state index in [-0.39, 0.29) is 11.9 Å². The van der Waals surface area contributed by atoms with E-state index in [1.54, 1.807) is 32.4 Å². The standard InChI is InChI=1S/C14H24N4O2S/c1-9(2)12-17-11(8-21-12)6-7-15-14(20)16-10(3)13(19)18(4)5/h8-10H,6-7H2,1-5H3,(H2,15,16,20). The van der Waals surface area contributed by atoms with Gasteiger partial charge in [-0.1, -0.05) is 13.8 Å². The van der Waals surface area contributed by atoms with E-state index in [0.717, 1.165) is 10.7 Å². The smallest absolute Gasteiger partial charge is 0.315 e. The van der Waals surface area contributed by atoms with Gasteiger partial charge in [0.1, 0.15) is 6.04 Å². The van der Waals surface area contributed by atoms with E-state index in [4.69, 9.17) is 0 Å². The highest BCUT2D eigenvalue weighted by atomic mass is 32.1. The highest BCUT2D eigenvalue weighted by Crippen LogP contribution is 2.19. The molecule has 1 rings (SSSR count). The van der Waals surface area contributed by atoms with Gasteiger partial charge in [0, 0.05) is 38.4 Å². The van der Waals surface area contributed by atoms with Gasteiger partial charge in [0.2, 0.25) is 5.91 Å². The van der Waals surface area contributed by atoms with Crippen molar-refractivity contribution in [1.82, 2.24) is 20.5 Å².